The molecule has 2 nitrogen and oxygen atoms in total. The Kier molecular flexibility index (Phi) is 3.56. The van der Waals surface area contributed by atoms with E-state index in [0.717, 1.165) is 0 Å². The second kappa shape index (κ2) is 4.32. The van der Waals surface area contributed by atoms with Gasteiger partial charge in [-0.1, -0.05) is 11.6 Å². The normalized spacial score (nSPS) is 13.7. The van der Waals surface area contributed by atoms with Gasteiger partial charge in [-0.2, -0.15) is 0 Å². The van der Waals surface area contributed by atoms with Crippen LogP contribution in [0.4, 0.5) is 0 Å². The Morgan fingerprint density at radius 2 is 1.71 bits per heavy atom. The lowest BCUT2D eigenvalue weighted by atomic mass is 10.3. The first-order chi connectivity index (χ1) is 6.39. The van der Waals surface area contributed by atoms with Crippen LogP contribution in [-0.2, 0) is 11.1 Å². The molecule has 0 aliphatic rings. The first-order valence-corrected chi connectivity index (χ1v) is 5.70. The van der Waals surface area contributed by atoms with E-state index in [0.29, 0.717) is 10.8 Å². The van der Waals surface area contributed by atoms with E-state index < -0.39 is 11.1 Å². The van der Waals surface area contributed by atoms with Gasteiger partial charge in [-0.15, -0.1) is 0 Å². The molecule has 0 N–H and O–H groups in total. The Balaban J connectivity index is 2.71. The van der Waals surface area contributed by atoms with Gasteiger partial charge in [0.25, 0.3) is 0 Å². The van der Waals surface area contributed by atoms with Crippen LogP contribution in [0.5, 0.6) is 5.75 Å². The number of rotatable bonds is 2. The smallest absolute Gasteiger partial charge is 0.211 e. The van der Waals surface area contributed by atoms with Gasteiger partial charge in [-0.25, -0.2) is 4.21 Å². The van der Waals surface area contributed by atoms with E-state index in [1.807, 2.05) is 20.8 Å². The summed E-state index contributed by atoms with van der Waals surface area (Å²) >= 11 is 4.37. The summed E-state index contributed by atoms with van der Waals surface area (Å²) in [6, 6.07) is 6.81. The third-order valence-electron chi connectivity index (χ3n) is 1.49. The van der Waals surface area contributed by atoms with Gasteiger partial charge < -0.3 is 4.18 Å². The number of halogens is 1. The second-order valence-electron chi connectivity index (χ2n) is 3.88. The Hall–Kier alpha value is -0.540. The van der Waals surface area contributed by atoms with Crippen molar-refractivity contribution in [2.45, 2.75) is 25.5 Å². The van der Waals surface area contributed by atoms with Crippen LogP contribution >= 0.6 is 11.6 Å². The van der Waals surface area contributed by atoms with Gasteiger partial charge in [0.15, 0.2) is 0 Å². The Morgan fingerprint density at radius 3 is 2.14 bits per heavy atom. The summed E-state index contributed by atoms with van der Waals surface area (Å²) in [5.74, 6) is 0.572. The van der Waals surface area contributed by atoms with Crippen molar-refractivity contribution in [1.82, 2.24) is 0 Å². The lowest BCUT2D eigenvalue weighted by molar-refractivity contribution is 0.529. The van der Waals surface area contributed by atoms with Crippen molar-refractivity contribution in [1.29, 1.82) is 0 Å². The third-order valence-corrected chi connectivity index (χ3v) is 3.08. The summed E-state index contributed by atoms with van der Waals surface area (Å²) in [6.07, 6.45) is 0. The highest BCUT2D eigenvalue weighted by molar-refractivity contribution is 7.82. The largest absolute Gasteiger partial charge is 0.400 e. The molecule has 78 valence electrons. The number of hydrogen-bond acceptors (Lipinski definition) is 2. The van der Waals surface area contributed by atoms with Gasteiger partial charge in [0.2, 0.25) is 11.1 Å². The van der Waals surface area contributed by atoms with E-state index in [1.165, 1.54) is 0 Å². The van der Waals surface area contributed by atoms with Crippen LogP contribution in [-0.4, -0.2) is 8.96 Å². The highest BCUT2D eigenvalue weighted by Crippen LogP contribution is 2.20. The van der Waals surface area contributed by atoms with Crippen LogP contribution in [0.25, 0.3) is 0 Å². The van der Waals surface area contributed by atoms with Crippen molar-refractivity contribution < 1.29 is 8.39 Å². The SMILES string of the molecule is CC(C)(C)S(=O)Oc1ccc(Cl)cc1. The summed E-state index contributed by atoms with van der Waals surface area (Å²) in [7, 11) is 0. The predicted molar refractivity (Wildman–Crippen MR) is 60.0 cm³/mol. The minimum atomic E-state index is -1.34. The van der Waals surface area contributed by atoms with E-state index in [9.17, 15) is 4.21 Å². The first kappa shape index (κ1) is 11.5. The fourth-order valence-electron chi connectivity index (χ4n) is 0.703. The molecular formula is C10H13ClO2S. The second-order valence-corrected chi connectivity index (χ2v) is 6.18. The molecule has 0 radical (unpaired) electrons. The maximum Gasteiger partial charge on any atom is 0.211 e. The van der Waals surface area contributed by atoms with Crippen molar-refractivity contribution >= 4 is 22.7 Å². The molecule has 14 heavy (non-hydrogen) atoms. The zero-order chi connectivity index (χ0) is 10.8. The number of hydrogen-bond donors (Lipinski definition) is 0. The molecule has 0 heterocycles. The lowest BCUT2D eigenvalue weighted by Crippen LogP contribution is -2.25. The summed E-state index contributed by atoms with van der Waals surface area (Å²) in [4.78, 5) is 0. The average molecular weight is 233 g/mol. The fourth-order valence-corrected chi connectivity index (χ4v) is 1.36. The topological polar surface area (TPSA) is 26.3 Å². The highest BCUT2D eigenvalue weighted by atomic mass is 35.5. The summed E-state index contributed by atoms with van der Waals surface area (Å²) in [5.41, 5.74) is 0. The van der Waals surface area contributed by atoms with Crippen LogP contribution in [0.3, 0.4) is 0 Å². The zero-order valence-electron chi connectivity index (χ0n) is 8.41. The Labute approximate surface area is 91.9 Å². The van der Waals surface area contributed by atoms with Crippen LogP contribution < -0.4 is 4.18 Å². The van der Waals surface area contributed by atoms with E-state index in [2.05, 4.69) is 0 Å². The fraction of sp³-hybridized carbons (Fsp3) is 0.400. The maximum atomic E-state index is 11.6. The molecule has 0 bridgehead atoms. The molecule has 4 heteroatoms. The highest BCUT2D eigenvalue weighted by Gasteiger charge is 2.21. The van der Waals surface area contributed by atoms with Gasteiger partial charge in [-0.05, 0) is 45.0 Å². The lowest BCUT2D eigenvalue weighted by Gasteiger charge is -2.16. The zero-order valence-corrected chi connectivity index (χ0v) is 9.98. The van der Waals surface area contributed by atoms with Crippen LogP contribution in [0.1, 0.15) is 20.8 Å². The van der Waals surface area contributed by atoms with Crippen molar-refractivity contribution in [2.75, 3.05) is 0 Å². The molecule has 0 fully saturated rings. The molecule has 1 atom stereocenters. The maximum absolute atomic E-state index is 11.6. The molecule has 1 unspecified atom stereocenters. The van der Waals surface area contributed by atoms with Crippen molar-refractivity contribution in [3.8, 4) is 5.75 Å². The minimum Gasteiger partial charge on any atom is -0.400 e. The number of benzene rings is 1. The minimum absolute atomic E-state index is 0.375. The molecule has 0 saturated heterocycles. The van der Waals surface area contributed by atoms with Crippen molar-refractivity contribution in [3.63, 3.8) is 0 Å². The van der Waals surface area contributed by atoms with Crippen LogP contribution in [0.15, 0.2) is 24.3 Å². The predicted octanol–water partition coefficient (Wildman–Crippen LogP) is 3.18. The molecule has 0 spiro atoms. The van der Waals surface area contributed by atoms with Gasteiger partial charge in [-0.3, -0.25) is 0 Å². The molecule has 0 aliphatic heterocycles. The molecule has 0 aromatic heterocycles. The Morgan fingerprint density at radius 1 is 1.21 bits per heavy atom. The van der Waals surface area contributed by atoms with E-state index in [4.69, 9.17) is 15.8 Å². The van der Waals surface area contributed by atoms with Gasteiger partial charge in [0.05, 0.1) is 4.75 Å². The molecule has 1 aromatic rings. The van der Waals surface area contributed by atoms with Crippen molar-refractivity contribution in [2.24, 2.45) is 0 Å². The molecule has 1 aromatic carbocycles. The Bertz CT molecular complexity index is 327. The molecule has 0 saturated carbocycles. The molecule has 0 amide bonds. The molecular weight excluding hydrogens is 220 g/mol. The van der Waals surface area contributed by atoms with E-state index in [1.54, 1.807) is 24.3 Å². The quantitative estimate of drug-likeness (QED) is 0.783. The van der Waals surface area contributed by atoms with Gasteiger partial charge in [0, 0.05) is 5.02 Å². The third kappa shape index (κ3) is 3.31. The monoisotopic (exact) mass is 232 g/mol. The van der Waals surface area contributed by atoms with Crippen LogP contribution in [0, 0.1) is 0 Å². The van der Waals surface area contributed by atoms with E-state index >= 15 is 0 Å². The standard InChI is InChI=1S/C10H13ClO2S/c1-10(2,3)14(12)13-9-6-4-8(11)5-7-9/h4-7H,1-3H3. The summed E-state index contributed by atoms with van der Waals surface area (Å²) in [5, 5.41) is 0.638. The van der Waals surface area contributed by atoms with Gasteiger partial charge in [0.1, 0.15) is 5.75 Å². The van der Waals surface area contributed by atoms with Crippen molar-refractivity contribution in [3.05, 3.63) is 29.3 Å². The average Bonchev–Trinajstić information content (AvgIpc) is 2.07. The van der Waals surface area contributed by atoms with Gasteiger partial charge >= 0.3 is 0 Å². The summed E-state index contributed by atoms with van der Waals surface area (Å²) < 4.78 is 16.4. The summed E-state index contributed by atoms with van der Waals surface area (Å²) in [6.45, 7) is 5.58. The molecule has 0 aliphatic carbocycles. The van der Waals surface area contributed by atoms with Crippen LogP contribution in [0.2, 0.25) is 5.02 Å². The van der Waals surface area contributed by atoms with E-state index in [-0.39, 0.29) is 4.75 Å². The first-order valence-electron chi connectivity index (χ1n) is 4.25. The molecule has 1 rings (SSSR count).